The normalized spacial score (nSPS) is 21.4. The summed E-state index contributed by atoms with van der Waals surface area (Å²) in [7, 11) is -2.54. The molecule has 0 radical (unpaired) electrons. The Hall–Kier alpha value is -1.46. The van der Waals surface area contributed by atoms with Crippen LogP contribution in [0.4, 0.5) is 0 Å². The Morgan fingerprint density at radius 3 is 1.92 bits per heavy atom. The van der Waals surface area contributed by atoms with Crippen LogP contribution in [0.25, 0.3) is 0 Å². The SMILES string of the molecule is CC(C)(C)[Si](OC[C@H]1OCC[C@H]1O)(c1ccccc1)c1ccccc1. The molecule has 2 atom stereocenters. The van der Waals surface area contributed by atoms with Crippen molar-refractivity contribution in [1.82, 2.24) is 0 Å². The highest BCUT2D eigenvalue weighted by Gasteiger charge is 2.50. The van der Waals surface area contributed by atoms with Gasteiger partial charge < -0.3 is 14.3 Å². The Labute approximate surface area is 151 Å². The number of hydrogen-bond acceptors (Lipinski definition) is 3. The molecular formula is C21H28O3Si. The minimum absolute atomic E-state index is 0.0563. The van der Waals surface area contributed by atoms with E-state index in [1.54, 1.807) is 0 Å². The molecule has 0 saturated carbocycles. The zero-order valence-electron chi connectivity index (χ0n) is 15.3. The highest BCUT2D eigenvalue weighted by molar-refractivity contribution is 6.99. The van der Waals surface area contributed by atoms with E-state index in [-0.39, 0.29) is 11.1 Å². The lowest BCUT2D eigenvalue weighted by Crippen LogP contribution is -2.67. The Kier molecular flexibility index (Phi) is 5.44. The summed E-state index contributed by atoms with van der Waals surface area (Å²) in [6, 6.07) is 21.1. The largest absolute Gasteiger partial charge is 0.405 e. The molecule has 0 bridgehead atoms. The Morgan fingerprint density at radius 1 is 1.00 bits per heavy atom. The van der Waals surface area contributed by atoms with Gasteiger partial charge in [0.2, 0.25) is 0 Å². The summed E-state index contributed by atoms with van der Waals surface area (Å²) in [5.74, 6) is 0. The quantitative estimate of drug-likeness (QED) is 0.837. The third kappa shape index (κ3) is 3.58. The van der Waals surface area contributed by atoms with Gasteiger partial charge in [0, 0.05) is 6.61 Å². The monoisotopic (exact) mass is 356 g/mol. The third-order valence-corrected chi connectivity index (χ3v) is 10.1. The highest BCUT2D eigenvalue weighted by atomic mass is 28.4. The van der Waals surface area contributed by atoms with Gasteiger partial charge in [-0.1, -0.05) is 81.4 Å². The molecule has 4 heteroatoms. The number of benzene rings is 2. The van der Waals surface area contributed by atoms with Crippen LogP contribution < -0.4 is 10.4 Å². The van der Waals surface area contributed by atoms with Crippen molar-refractivity contribution in [2.24, 2.45) is 0 Å². The van der Waals surface area contributed by atoms with Crippen LogP contribution in [0.3, 0.4) is 0 Å². The molecule has 1 aliphatic rings. The molecule has 1 heterocycles. The summed E-state index contributed by atoms with van der Waals surface area (Å²) in [6.07, 6.45) is 0.0225. The van der Waals surface area contributed by atoms with Gasteiger partial charge in [0.25, 0.3) is 8.32 Å². The second kappa shape index (κ2) is 7.42. The van der Waals surface area contributed by atoms with Crippen molar-refractivity contribution in [2.45, 2.75) is 44.4 Å². The maximum absolute atomic E-state index is 10.1. The van der Waals surface area contributed by atoms with E-state index in [0.29, 0.717) is 19.6 Å². The molecule has 3 rings (SSSR count). The molecule has 0 aromatic heterocycles. The first-order chi connectivity index (χ1) is 11.9. The second-order valence-corrected chi connectivity index (χ2v) is 12.0. The van der Waals surface area contributed by atoms with Gasteiger partial charge in [-0.2, -0.15) is 0 Å². The van der Waals surface area contributed by atoms with Gasteiger partial charge in [-0.15, -0.1) is 0 Å². The number of hydrogen-bond donors (Lipinski definition) is 1. The molecule has 2 aromatic rings. The fraction of sp³-hybridized carbons (Fsp3) is 0.429. The van der Waals surface area contributed by atoms with Gasteiger partial charge in [-0.05, 0) is 21.8 Å². The first-order valence-electron chi connectivity index (χ1n) is 9.00. The summed E-state index contributed by atoms with van der Waals surface area (Å²) in [6.45, 7) is 7.80. The van der Waals surface area contributed by atoms with Crippen molar-refractivity contribution in [3.63, 3.8) is 0 Å². The summed E-state index contributed by atoms with van der Waals surface area (Å²) in [5.41, 5.74) is 0. The van der Waals surface area contributed by atoms with Crippen molar-refractivity contribution < 1.29 is 14.3 Å². The van der Waals surface area contributed by atoms with Gasteiger partial charge in [-0.25, -0.2) is 0 Å². The zero-order valence-corrected chi connectivity index (χ0v) is 16.3. The molecule has 0 unspecified atom stereocenters. The average Bonchev–Trinajstić information content (AvgIpc) is 3.01. The maximum Gasteiger partial charge on any atom is 0.261 e. The summed E-state index contributed by atoms with van der Waals surface area (Å²) < 4.78 is 12.5. The molecule has 1 fully saturated rings. The minimum atomic E-state index is -2.54. The van der Waals surface area contributed by atoms with Crippen molar-refractivity contribution in [2.75, 3.05) is 13.2 Å². The third-order valence-electron chi connectivity index (χ3n) is 5.06. The number of aliphatic hydroxyl groups is 1. The smallest absolute Gasteiger partial charge is 0.261 e. The van der Waals surface area contributed by atoms with Crippen molar-refractivity contribution in [1.29, 1.82) is 0 Å². The summed E-state index contributed by atoms with van der Waals surface area (Å²) >= 11 is 0. The van der Waals surface area contributed by atoms with E-state index in [1.165, 1.54) is 10.4 Å². The van der Waals surface area contributed by atoms with Crippen LogP contribution in [0.15, 0.2) is 60.7 Å². The van der Waals surface area contributed by atoms with Crippen LogP contribution >= 0.6 is 0 Å². The molecule has 3 nitrogen and oxygen atoms in total. The maximum atomic E-state index is 10.1. The molecule has 2 aromatic carbocycles. The van der Waals surface area contributed by atoms with Gasteiger partial charge in [0.05, 0.1) is 12.7 Å². The lowest BCUT2D eigenvalue weighted by atomic mass is 10.2. The Morgan fingerprint density at radius 2 is 1.52 bits per heavy atom. The summed E-state index contributed by atoms with van der Waals surface area (Å²) in [5, 5.41) is 12.6. The van der Waals surface area contributed by atoms with Crippen molar-refractivity contribution in [3.05, 3.63) is 60.7 Å². The Balaban J connectivity index is 2.05. The van der Waals surface area contributed by atoms with E-state index in [9.17, 15) is 5.11 Å². The topological polar surface area (TPSA) is 38.7 Å². The fourth-order valence-electron chi connectivity index (χ4n) is 3.77. The fourth-order valence-corrected chi connectivity index (χ4v) is 8.33. The van der Waals surface area contributed by atoms with E-state index >= 15 is 0 Å². The first-order valence-corrected chi connectivity index (χ1v) is 10.9. The number of aliphatic hydroxyl groups excluding tert-OH is 1. The van der Waals surface area contributed by atoms with Crippen LogP contribution in [0.1, 0.15) is 27.2 Å². The lowest BCUT2D eigenvalue weighted by Gasteiger charge is -2.43. The van der Waals surface area contributed by atoms with Gasteiger partial charge in [-0.3, -0.25) is 0 Å². The molecule has 134 valence electrons. The summed E-state index contributed by atoms with van der Waals surface area (Å²) in [4.78, 5) is 0. The van der Waals surface area contributed by atoms with Crippen LogP contribution in [0, 0.1) is 0 Å². The van der Waals surface area contributed by atoms with Gasteiger partial charge in [0.15, 0.2) is 0 Å². The predicted octanol–water partition coefficient (Wildman–Crippen LogP) is 2.71. The molecule has 1 aliphatic heterocycles. The minimum Gasteiger partial charge on any atom is -0.405 e. The van der Waals surface area contributed by atoms with E-state index in [2.05, 4.69) is 69.3 Å². The molecule has 25 heavy (non-hydrogen) atoms. The highest BCUT2D eigenvalue weighted by Crippen LogP contribution is 2.37. The van der Waals surface area contributed by atoms with E-state index in [1.807, 2.05) is 12.1 Å². The molecule has 1 N–H and O–H groups in total. The van der Waals surface area contributed by atoms with Crippen LogP contribution in [-0.2, 0) is 9.16 Å². The second-order valence-electron chi connectivity index (χ2n) is 7.74. The first kappa shape index (κ1) is 18.3. The zero-order chi connectivity index (χ0) is 17.9. The van der Waals surface area contributed by atoms with Crippen LogP contribution in [0.2, 0.25) is 5.04 Å². The van der Waals surface area contributed by atoms with Crippen LogP contribution in [-0.4, -0.2) is 38.8 Å². The molecular weight excluding hydrogens is 328 g/mol. The van der Waals surface area contributed by atoms with E-state index < -0.39 is 14.4 Å². The van der Waals surface area contributed by atoms with E-state index in [0.717, 1.165) is 0 Å². The van der Waals surface area contributed by atoms with Crippen LogP contribution in [0.5, 0.6) is 0 Å². The number of ether oxygens (including phenoxy) is 1. The molecule has 0 spiro atoms. The van der Waals surface area contributed by atoms with Gasteiger partial charge >= 0.3 is 0 Å². The molecule has 0 aliphatic carbocycles. The standard InChI is InChI=1S/C21H28O3Si/c1-21(2,3)25(17-10-6-4-7-11-17,18-12-8-5-9-13-18)24-16-20-19(22)14-15-23-20/h4-13,19-20,22H,14-16H2,1-3H3/t19-,20-/m1/s1. The predicted molar refractivity (Wildman–Crippen MR) is 104 cm³/mol. The van der Waals surface area contributed by atoms with Gasteiger partial charge in [0.1, 0.15) is 6.10 Å². The van der Waals surface area contributed by atoms with Crippen molar-refractivity contribution in [3.8, 4) is 0 Å². The average molecular weight is 357 g/mol. The lowest BCUT2D eigenvalue weighted by molar-refractivity contribution is 0.00844. The van der Waals surface area contributed by atoms with Crippen molar-refractivity contribution >= 4 is 18.7 Å². The molecule has 1 saturated heterocycles. The molecule has 0 amide bonds. The number of rotatable bonds is 5. The Bertz CT molecular complexity index is 627. The van der Waals surface area contributed by atoms with E-state index in [4.69, 9.17) is 9.16 Å².